The SMILES string of the molecule is CC[C@H]1CC(=O)[C@H](C)[C@@H](OC2CC(C)(OC)C(O)C(C)O2)[C@H](C)[C@@H](OC2OC(C)CC(N(C)C)C2O)[C@](C)(O)C[C@@H](C)CN(C)C(C)[C@@H](O)[C@@]1(C)O. The molecule has 3 fully saturated rings. The summed E-state index contributed by atoms with van der Waals surface area (Å²) in [4.78, 5) is 18.3. The molecular weight excluding hydrogens is 672 g/mol. The van der Waals surface area contributed by atoms with Gasteiger partial charge >= 0.3 is 0 Å². The van der Waals surface area contributed by atoms with Gasteiger partial charge in [-0.3, -0.25) is 4.79 Å². The van der Waals surface area contributed by atoms with Gasteiger partial charge in [0.25, 0.3) is 0 Å². The number of aliphatic hydroxyl groups is 5. The van der Waals surface area contributed by atoms with Crippen LogP contribution in [0.1, 0.15) is 101 Å². The van der Waals surface area contributed by atoms with Gasteiger partial charge < -0.3 is 59.0 Å². The molecule has 306 valence electrons. The van der Waals surface area contributed by atoms with Crippen molar-refractivity contribution in [1.82, 2.24) is 9.80 Å². The number of rotatable bonds is 7. The molecule has 0 aromatic rings. The molecule has 3 aliphatic heterocycles. The van der Waals surface area contributed by atoms with E-state index in [9.17, 15) is 30.3 Å². The van der Waals surface area contributed by atoms with Gasteiger partial charge in [0.05, 0.1) is 47.3 Å². The number of hydrogen-bond donors (Lipinski definition) is 5. The minimum atomic E-state index is -1.58. The van der Waals surface area contributed by atoms with Crippen molar-refractivity contribution in [3.63, 3.8) is 0 Å². The number of carbonyl (C=O) groups excluding carboxylic acids is 1. The Hall–Kier alpha value is -0.810. The summed E-state index contributed by atoms with van der Waals surface area (Å²) in [5, 5.41) is 58.4. The maximum atomic E-state index is 14.4. The number of likely N-dealkylation sites (N-methyl/N-ethyl adjacent to an activating group) is 2. The zero-order valence-corrected chi connectivity index (χ0v) is 34.5. The highest BCUT2D eigenvalue weighted by atomic mass is 16.7. The van der Waals surface area contributed by atoms with Gasteiger partial charge in [0.1, 0.15) is 18.0 Å². The van der Waals surface area contributed by atoms with Crippen molar-refractivity contribution < 1.29 is 54.0 Å². The van der Waals surface area contributed by atoms with Crippen LogP contribution in [0.3, 0.4) is 0 Å². The third-order valence-electron chi connectivity index (χ3n) is 12.8. The van der Waals surface area contributed by atoms with Crippen LogP contribution < -0.4 is 0 Å². The quantitative estimate of drug-likeness (QED) is 0.258. The van der Waals surface area contributed by atoms with Gasteiger partial charge in [-0.1, -0.05) is 34.1 Å². The fourth-order valence-corrected chi connectivity index (χ4v) is 9.17. The lowest BCUT2D eigenvalue weighted by Crippen LogP contribution is -2.60. The second kappa shape index (κ2) is 18.0. The second-order valence-electron chi connectivity index (χ2n) is 17.6. The number of ketones is 1. The molecule has 3 saturated heterocycles. The van der Waals surface area contributed by atoms with Crippen LogP contribution in [0.15, 0.2) is 0 Å². The molecule has 0 aromatic carbocycles. The fraction of sp³-hybridized carbons (Fsp3) is 0.974. The first-order valence-corrected chi connectivity index (χ1v) is 19.5. The van der Waals surface area contributed by atoms with E-state index >= 15 is 0 Å². The Labute approximate surface area is 313 Å². The highest BCUT2D eigenvalue weighted by molar-refractivity contribution is 5.81. The molecule has 52 heavy (non-hydrogen) atoms. The zero-order valence-electron chi connectivity index (χ0n) is 34.5. The highest BCUT2D eigenvalue weighted by Crippen LogP contribution is 2.41. The van der Waals surface area contributed by atoms with Crippen molar-refractivity contribution in [2.45, 2.75) is 186 Å². The molecule has 13 heteroatoms. The molecule has 13 nitrogen and oxygen atoms in total. The summed E-state index contributed by atoms with van der Waals surface area (Å²) < 4.78 is 31.7. The largest absolute Gasteiger partial charge is 0.388 e. The topological polar surface area (TPSA) is 171 Å². The van der Waals surface area contributed by atoms with Gasteiger partial charge in [0.2, 0.25) is 0 Å². The lowest BCUT2D eigenvalue weighted by molar-refractivity contribution is -0.317. The predicted octanol–water partition coefficient (Wildman–Crippen LogP) is 2.56. The molecule has 0 aromatic heterocycles. The number of nitrogens with zero attached hydrogens (tertiary/aromatic N) is 2. The minimum Gasteiger partial charge on any atom is -0.388 e. The molecule has 0 radical (unpaired) electrons. The van der Waals surface area contributed by atoms with Crippen LogP contribution in [0, 0.1) is 23.7 Å². The molecule has 0 bridgehead atoms. The zero-order chi connectivity index (χ0) is 39.7. The van der Waals surface area contributed by atoms with Crippen LogP contribution in [0.2, 0.25) is 0 Å². The smallest absolute Gasteiger partial charge is 0.185 e. The molecule has 3 heterocycles. The molecule has 9 unspecified atom stereocenters. The maximum absolute atomic E-state index is 14.4. The number of methoxy groups -OCH3 is 1. The average Bonchev–Trinajstić information content (AvgIpc) is 3.05. The molecule has 0 aliphatic carbocycles. The van der Waals surface area contributed by atoms with E-state index < -0.39 is 89.8 Å². The average molecular weight is 747 g/mol. The van der Waals surface area contributed by atoms with Crippen molar-refractivity contribution in [2.24, 2.45) is 23.7 Å². The normalized spacial score (nSPS) is 49.8. The van der Waals surface area contributed by atoms with Crippen LogP contribution in [0.5, 0.6) is 0 Å². The summed E-state index contributed by atoms with van der Waals surface area (Å²) in [5.41, 5.74) is -4.08. The van der Waals surface area contributed by atoms with Gasteiger partial charge in [-0.05, 0) is 87.4 Å². The third kappa shape index (κ3) is 10.1. The molecule has 0 saturated carbocycles. The van der Waals surface area contributed by atoms with Crippen LogP contribution in [0.25, 0.3) is 0 Å². The number of Topliss-reactive ketones (excluding diaryl/α,β-unsaturated/α-hetero) is 1. The van der Waals surface area contributed by atoms with Gasteiger partial charge in [0.15, 0.2) is 12.6 Å². The highest BCUT2D eigenvalue weighted by Gasteiger charge is 2.52. The number of aliphatic hydroxyl groups excluding tert-OH is 3. The summed E-state index contributed by atoms with van der Waals surface area (Å²) in [6.45, 7) is 18.7. The first kappa shape index (κ1) is 45.6. The summed E-state index contributed by atoms with van der Waals surface area (Å²) in [6.07, 6.45) is -6.35. The summed E-state index contributed by atoms with van der Waals surface area (Å²) >= 11 is 0. The molecule has 0 spiro atoms. The molecular formula is C39H74N2O11. The fourth-order valence-electron chi connectivity index (χ4n) is 9.17. The first-order chi connectivity index (χ1) is 23.9. The van der Waals surface area contributed by atoms with Crippen molar-refractivity contribution in [2.75, 3.05) is 34.8 Å². The third-order valence-corrected chi connectivity index (χ3v) is 12.8. The van der Waals surface area contributed by atoms with Crippen LogP contribution in [-0.2, 0) is 28.5 Å². The number of carbonyl (C=O) groups is 1. The van der Waals surface area contributed by atoms with E-state index in [0.29, 0.717) is 19.4 Å². The molecule has 5 N–H and O–H groups in total. The van der Waals surface area contributed by atoms with E-state index in [1.165, 1.54) is 7.11 Å². The van der Waals surface area contributed by atoms with Crippen molar-refractivity contribution >= 4 is 5.78 Å². The first-order valence-electron chi connectivity index (χ1n) is 19.5. The lowest BCUT2D eigenvalue weighted by atomic mass is 9.74. The maximum Gasteiger partial charge on any atom is 0.185 e. The van der Waals surface area contributed by atoms with Crippen LogP contribution >= 0.6 is 0 Å². The monoisotopic (exact) mass is 747 g/mol. The Kier molecular flexibility index (Phi) is 15.8. The van der Waals surface area contributed by atoms with E-state index in [-0.39, 0.29) is 43.1 Å². The van der Waals surface area contributed by atoms with Gasteiger partial charge in [0, 0.05) is 50.4 Å². The van der Waals surface area contributed by atoms with E-state index in [0.717, 1.165) is 0 Å². The summed E-state index contributed by atoms with van der Waals surface area (Å²) in [7, 11) is 7.21. The Morgan fingerprint density at radius 2 is 1.56 bits per heavy atom. The summed E-state index contributed by atoms with van der Waals surface area (Å²) in [6, 6.07) is -0.708. The Bertz CT molecular complexity index is 1140. The lowest BCUT2D eigenvalue weighted by Gasteiger charge is -2.49. The Balaban J connectivity index is 2.17. The standard InChI is InChI=1S/C39H74N2O11/c1-15-27-17-29(42)23(4)32(51-30-19-38(9,48-14)34(45)26(7)50-30)24(5)35(52-36-31(43)28(40(11)12)16-22(3)49-36)37(8,46)18-21(2)20-41(13)25(6)33(44)39(27,10)47/h21-28,30-36,43-47H,15-20H2,1-14H3/t21-,22?,23+,24+,25?,26?,27+,28?,30?,31?,32-,33-,34?,35-,36?,37-,38?,39+/m1/s1. The van der Waals surface area contributed by atoms with E-state index in [1.807, 2.05) is 65.6 Å². The van der Waals surface area contributed by atoms with Crippen molar-refractivity contribution in [3.05, 3.63) is 0 Å². The predicted molar refractivity (Wildman–Crippen MR) is 197 cm³/mol. The van der Waals surface area contributed by atoms with Gasteiger partial charge in [-0.15, -0.1) is 0 Å². The van der Waals surface area contributed by atoms with Crippen LogP contribution in [-0.4, -0.2) is 160 Å². The Morgan fingerprint density at radius 1 is 0.942 bits per heavy atom. The van der Waals surface area contributed by atoms with Gasteiger partial charge in [-0.2, -0.15) is 0 Å². The molecule has 3 rings (SSSR count). The Morgan fingerprint density at radius 3 is 2.12 bits per heavy atom. The number of hydrogen-bond acceptors (Lipinski definition) is 13. The molecule has 0 amide bonds. The van der Waals surface area contributed by atoms with Crippen molar-refractivity contribution in [1.29, 1.82) is 0 Å². The summed E-state index contributed by atoms with van der Waals surface area (Å²) in [5.74, 6) is -2.31. The van der Waals surface area contributed by atoms with E-state index in [1.54, 1.807) is 34.6 Å². The van der Waals surface area contributed by atoms with Gasteiger partial charge in [-0.25, -0.2) is 0 Å². The second-order valence-corrected chi connectivity index (χ2v) is 17.6. The van der Waals surface area contributed by atoms with Crippen LogP contribution in [0.4, 0.5) is 0 Å². The van der Waals surface area contributed by atoms with E-state index in [2.05, 4.69) is 0 Å². The number of ether oxygens (including phenoxy) is 5. The molecule has 3 aliphatic rings. The van der Waals surface area contributed by atoms with E-state index in [4.69, 9.17) is 23.7 Å². The molecule has 18 atom stereocenters. The van der Waals surface area contributed by atoms with Crippen molar-refractivity contribution in [3.8, 4) is 0 Å². The minimum absolute atomic E-state index is 0.0219.